The molecule has 6 heteroatoms. The highest BCUT2D eigenvalue weighted by molar-refractivity contribution is 5.82. The first-order valence-electron chi connectivity index (χ1n) is 8.56. The van der Waals surface area contributed by atoms with Gasteiger partial charge in [-0.25, -0.2) is 4.79 Å². The van der Waals surface area contributed by atoms with E-state index >= 15 is 0 Å². The Kier molecular flexibility index (Phi) is 6.40. The molecule has 1 saturated carbocycles. The number of hydrogen-bond acceptors (Lipinski definition) is 5. The van der Waals surface area contributed by atoms with Crippen molar-refractivity contribution in [3.05, 3.63) is 29.8 Å². The number of amides is 1. The quantitative estimate of drug-likeness (QED) is 0.802. The van der Waals surface area contributed by atoms with Crippen LogP contribution >= 0.6 is 0 Å². The number of ether oxygens (including phenoxy) is 2. The van der Waals surface area contributed by atoms with Crippen molar-refractivity contribution < 1.29 is 19.1 Å². The fraction of sp³-hybridized carbons (Fsp3) is 0.526. The molecule has 0 heterocycles. The summed E-state index contributed by atoms with van der Waals surface area (Å²) in [4.78, 5) is 24.0. The van der Waals surface area contributed by atoms with Gasteiger partial charge in [0.15, 0.2) is 12.7 Å². The van der Waals surface area contributed by atoms with E-state index in [0.717, 1.165) is 24.8 Å². The third kappa shape index (κ3) is 5.49. The van der Waals surface area contributed by atoms with E-state index in [2.05, 4.69) is 11.4 Å². The first-order valence-corrected chi connectivity index (χ1v) is 8.56. The maximum Gasteiger partial charge on any atom is 0.347 e. The van der Waals surface area contributed by atoms with E-state index in [1.165, 1.54) is 0 Å². The smallest absolute Gasteiger partial charge is 0.347 e. The Balaban J connectivity index is 1.80. The summed E-state index contributed by atoms with van der Waals surface area (Å²) in [7, 11) is 0. The summed E-state index contributed by atoms with van der Waals surface area (Å²) in [6.07, 6.45) is 3.34. The van der Waals surface area contributed by atoms with Gasteiger partial charge in [0.05, 0.1) is 6.07 Å². The summed E-state index contributed by atoms with van der Waals surface area (Å²) in [6, 6.07) is 9.53. The van der Waals surface area contributed by atoms with Gasteiger partial charge in [-0.3, -0.25) is 4.79 Å². The zero-order chi connectivity index (χ0) is 18.3. The monoisotopic (exact) mass is 344 g/mol. The molecular formula is C19H24N2O4. The number of carbonyl (C=O) groups excluding carboxylic acids is 2. The van der Waals surface area contributed by atoms with Gasteiger partial charge in [-0.15, -0.1) is 0 Å². The van der Waals surface area contributed by atoms with Gasteiger partial charge in [0.1, 0.15) is 11.3 Å². The Labute approximate surface area is 148 Å². The number of hydrogen-bond donors (Lipinski definition) is 1. The van der Waals surface area contributed by atoms with Gasteiger partial charge in [-0.05, 0) is 44.4 Å². The van der Waals surface area contributed by atoms with Crippen molar-refractivity contribution in [3.8, 4) is 11.8 Å². The highest BCUT2D eigenvalue weighted by Crippen LogP contribution is 2.27. The number of carbonyl (C=O) groups is 2. The van der Waals surface area contributed by atoms with Gasteiger partial charge in [-0.2, -0.15) is 5.26 Å². The van der Waals surface area contributed by atoms with Crippen LogP contribution in [0, 0.1) is 18.3 Å². The van der Waals surface area contributed by atoms with Crippen LogP contribution in [0.4, 0.5) is 0 Å². The van der Waals surface area contributed by atoms with E-state index < -0.39 is 30.1 Å². The largest absolute Gasteiger partial charge is 0.479 e. The average Bonchev–Trinajstić information content (AvgIpc) is 2.60. The van der Waals surface area contributed by atoms with Crippen LogP contribution in [-0.2, 0) is 14.3 Å². The molecule has 1 atom stereocenters. The second-order valence-electron chi connectivity index (χ2n) is 6.49. The lowest BCUT2D eigenvalue weighted by Gasteiger charge is -2.31. The number of nitrogens with zero attached hydrogens (tertiary/aromatic N) is 1. The zero-order valence-corrected chi connectivity index (χ0v) is 14.7. The zero-order valence-electron chi connectivity index (χ0n) is 14.7. The maximum absolute atomic E-state index is 12.0. The summed E-state index contributed by atoms with van der Waals surface area (Å²) in [5.74, 6) is -0.509. The number of rotatable bonds is 6. The van der Waals surface area contributed by atoms with E-state index in [9.17, 15) is 14.9 Å². The van der Waals surface area contributed by atoms with E-state index in [1.54, 1.807) is 13.0 Å². The lowest BCUT2D eigenvalue weighted by atomic mass is 9.83. The molecule has 0 saturated heterocycles. The van der Waals surface area contributed by atoms with Crippen molar-refractivity contribution in [2.75, 3.05) is 6.61 Å². The Hall–Kier alpha value is -2.55. The van der Waals surface area contributed by atoms with Gasteiger partial charge in [0, 0.05) is 0 Å². The molecule has 0 aromatic heterocycles. The number of esters is 1. The molecule has 1 N–H and O–H groups in total. The van der Waals surface area contributed by atoms with Crippen LogP contribution in [0.5, 0.6) is 5.75 Å². The van der Waals surface area contributed by atoms with Crippen LogP contribution in [0.1, 0.15) is 44.6 Å². The van der Waals surface area contributed by atoms with Gasteiger partial charge in [-0.1, -0.05) is 31.4 Å². The molecule has 1 amide bonds. The molecule has 2 rings (SSSR count). The molecule has 134 valence electrons. The van der Waals surface area contributed by atoms with Crippen LogP contribution in [0.3, 0.4) is 0 Å². The molecule has 1 aromatic rings. The second kappa shape index (κ2) is 8.52. The van der Waals surface area contributed by atoms with E-state index in [-0.39, 0.29) is 0 Å². The Bertz CT molecular complexity index is 660. The van der Waals surface area contributed by atoms with E-state index in [0.29, 0.717) is 18.6 Å². The fourth-order valence-electron chi connectivity index (χ4n) is 2.92. The van der Waals surface area contributed by atoms with E-state index in [4.69, 9.17) is 9.47 Å². The first kappa shape index (κ1) is 18.8. The second-order valence-corrected chi connectivity index (χ2v) is 6.49. The summed E-state index contributed by atoms with van der Waals surface area (Å²) in [5, 5.41) is 12.1. The normalized spacial score (nSPS) is 17.0. The summed E-state index contributed by atoms with van der Waals surface area (Å²) in [6.45, 7) is 3.08. The number of nitriles is 1. The van der Waals surface area contributed by atoms with Crippen molar-refractivity contribution in [2.45, 2.75) is 57.6 Å². The maximum atomic E-state index is 12.0. The third-order valence-electron chi connectivity index (χ3n) is 4.28. The topological polar surface area (TPSA) is 88.4 Å². The fourth-order valence-corrected chi connectivity index (χ4v) is 2.92. The number of nitrogens with one attached hydrogen (secondary N) is 1. The molecule has 1 fully saturated rings. The number of aryl methyl sites for hydroxylation is 1. The average molecular weight is 344 g/mol. The minimum absolute atomic E-state index is 0.413. The van der Waals surface area contributed by atoms with Crippen LogP contribution in [0.15, 0.2) is 24.3 Å². The molecule has 6 nitrogen and oxygen atoms in total. The SMILES string of the molecule is Cc1cccc(O[C@@H](C)C(=O)OCC(=O)NC2(C#N)CCCCC2)c1. The van der Waals surface area contributed by atoms with Crippen LogP contribution in [0.25, 0.3) is 0 Å². The van der Waals surface area contributed by atoms with Crippen LogP contribution in [0.2, 0.25) is 0 Å². The van der Waals surface area contributed by atoms with Crippen LogP contribution in [-0.4, -0.2) is 30.1 Å². The molecule has 1 aromatic carbocycles. The molecule has 25 heavy (non-hydrogen) atoms. The van der Waals surface area contributed by atoms with Crippen molar-refractivity contribution in [3.63, 3.8) is 0 Å². The van der Waals surface area contributed by atoms with Crippen molar-refractivity contribution in [1.82, 2.24) is 5.32 Å². The van der Waals surface area contributed by atoms with Crippen molar-refractivity contribution >= 4 is 11.9 Å². The first-order chi connectivity index (χ1) is 11.9. The lowest BCUT2D eigenvalue weighted by molar-refractivity contribution is -0.155. The van der Waals surface area contributed by atoms with Gasteiger partial charge >= 0.3 is 5.97 Å². The molecule has 0 radical (unpaired) electrons. The molecule has 0 spiro atoms. The highest BCUT2D eigenvalue weighted by Gasteiger charge is 2.33. The highest BCUT2D eigenvalue weighted by atomic mass is 16.6. The van der Waals surface area contributed by atoms with Crippen molar-refractivity contribution in [1.29, 1.82) is 5.26 Å². The molecular weight excluding hydrogens is 320 g/mol. The standard InChI is InChI=1S/C19H24N2O4/c1-14-7-6-8-16(11-14)25-15(2)18(23)24-12-17(22)21-19(13-20)9-4-3-5-10-19/h6-8,11,15H,3-5,9-10,12H2,1-2H3,(H,21,22)/t15-/m0/s1. The van der Waals surface area contributed by atoms with Gasteiger partial charge in [0.25, 0.3) is 5.91 Å². The molecule has 1 aliphatic rings. The van der Waals surface area contributed by atoms with Gasteiger partial charge in [0.2, 0.25) is 0 Å². The van der Waals surface area contributed by atoms with Crippen LogP contribution < -0.4 is 10.1 Å². The summed E-state index contributed by atoms with van der Waals surface area (Å²) < 4.78 is 10.5. The van der Waals surface area contributed by atoms with E-state index in [1.807, 2.05) is 25.1 Å². The Morgan fingerprint density at radius 2 is 2.04 bits per heavy atom. The Morgan fingerprint density at radius 1 is 1.32 bits per heavy atom. The van der Waals surface area contributed by atoms with Crippen molar-refractivity contribution in [2.24, 2.45) is 0 Å². The Morgan fingerprint density at radius 3 is 2.68 bits per heavy atom. The summed E-state index contributed by atoms with van der Waals surface area (Å²) >= 11 is 0. The van der Waals surface area contributed by atoms with Gasteiger partial charge < -0.3 is 14.8 Å². The number of benzene rings is 1. The third-order valence-corrected chi connectivity index (χ3v) is 4.28. The molecule has 1 aliphatic carbocycles. The predicted molar refractivity (Wildman–Crippen MR) is 91.8 cm³/mol. The minimum atomic E-state index is -0.828. The molecule has 0 aliphatic heterocycles. The summed E-state index contributed by atoms with van der Waals surface area (Å²) in [5.41, 5.74) is 0.192. The molecule has 0 bridgehead atoms. The minimum Gasteiger partial charge on any atom is -0.479 e. The molecule has 0 unspecified atom stereocenters. The lowest BCUT2D eigenvalue weighted by Crippen LogP contribution is -2.50. The predicted octanol–water partition coefficient (Wildman–Crippen LogP) is 2.65.